The van der Waals surface area contributed by atoms with Gasteiger partial charge in [0.1, 0.15) is 0 Å². The maximum atomic E-state index is 5.49. The highest BCUT2D eigenvalue weighted by atomic mass is 16.5. The van der Waals surface area contributed by atoms with E-state index in [0.717, 1.165) is 18.9 Å². The molecule has 0 rings (SSSR count). The Bertz CT molecular complexity index is 190. The summed E-state index contributed by atoms with van der Waals surface area (Å²) in [5.41, 5.74) is 0.434. The van der Waals surface area contributed by atoms with E-state index >= 15 is 0 Å². The molecule has 16 heavy (non-hydrogen) atoms. The first-order valence-corrected chi connectivity index (χ1v) is 6.60. The Morgan fingerprint density at radius 1 is 1.06 bits per heavy atom. The third kappa shape index (κ3) is 10.2. The van der Waals surface area contributed by atoms with E-state index in [9.17, 15) is 0 Å². The van der Waals surface area contributed by atoms with Crippen LogP contribution in [0.2, 0.25) is 0 Å². The Kier molecular flexibility index (Phi) is 7.74. The number of ether oxygens (including phenoxy) is 1. The standard InChI is InChI=1S/C15H30O/c1-13(2)12-15(5,6)10-8-7-9-11-16-14(3)4/h7-8,13-14H,9-12H2,1-6H3. The van der Waals surface area contributed by atoms with E-state index in [-0.39, 0.29) is 0 Å². The predicted molar refractivity (Wildman–Crippen MR) is 72.7 cm³/mol. The van der Waals surface area contributed by atoms with Gasteiger partial charge in [-0.2, -0.15) is 0 Å². The van der Waals surface area contributed by atoms with Gasteiger partial charge < -0.3 is 4.74 Å². The first-order valence-electron chi connectivity index (χ1n) is 6.60. The molecule has 0 aliphatic carbocycles. The lowest BCUT2D eigenvalue weighted by molar-refractivity contribution is 0.0825. The molecule has 0 fully saturated rings. The van der Waals surface area contributed by atoms with Gasteiger partial charge in [-0.15, -0.1) is 0 Å². The van der Waals surface area contributed by atoms with Gasteiger partial charge >= 0.3 is 0 Å². The first kappa shape index (κ1) is 15.7. The topological polar surface area (TPSA) is 9.23 Å². The highest BCUT2D eigenvalue weighted by molar-refractivity contribution is 4.87. The van der Waals surface area contributed by atoms with Crippen LogP contribution >= 0.6 is 0 Å². The average Bonchev–Trinajstić information content (AvgIpc) is 2.08. The summed E-state index contributed by atoms with van der Waals surface area (Å²) >= 11 is 0. The SMILES string of the molecule is CC(C)CC(C)(C)CC=CCCOC(C)C. The van der Waals surface area contributed by atoms with Crippen LogP contribution in [0.1, 0.15) is 60.8 Å². The largest absolute Gasteiger partial charge is 0.378 e. The van der Waals surface area contributed by atoms with Crippen LogP contribution in [0.5, 0.6) is 0 Å². The van der Waals surface area contributed by atoms with Gasteiger partial charge in [-0.3, -0.25) is 0 Å². The molecule has 0 radical (unpaired) electrons. The molecule has 0 saturated carbocycles. The minimum atomic E-state index is 0.353. The van der Waals surface area contributed by atoms with Crippen LogP contribution < -0.4 is 0 Å². The van der Waals surface area contributed by atoms with E-state index in [1.807, 2.05) is 0 Å². The van der Waals surface area contributed by atoms with E-state index in [2.05, 4.69) is 53.7 Å². The molecule has 0 saturated heterocycles. The lowest BCUT2D eigenvalue weighted by Gasteiger charge is -2.25. The van der Waals surface area contributed by atoms with Crippen molar-refractivity contribution in [2.24, 2.45) is 11.3 Å². The van der Waals surface area contributed by atoms with Crippen LogP contribution in [0.3, 0.4) is 0 Å². The fourth-order valence-electron chi connectivity index (χ4n) is 2.08. The molecule has 0 aliphatic rings. The highest BCUT2D eigenvalue weighted by Gasteiger charge is 2.17. The van der Waals surface area contributed by atoms with Crippen molar-refractivity contribution in [3.05, 3.63) is 12.2 Å². The molecule has 1 nitrogen and oxygen atoms in total. The molecule has 96 valence electrons. The fraction of sp³-hybridized carbons (Fsp3) is 0.867. The zero-order valence-corrected chi connectivity index (χ0v) is 12.0. The summed E-state index contributed by atoms with van der Waals surface area (Å²) in [6.07, 6.45) is 8.42. The number of hydrogen-bond donors (Lipinski definition) is 0. The molecular formula is C15H30O. The third-order valence-electron chi connectivity index (χ3n) is 2.53. The molecule has 0 aromatic rings. The molecule has 0 atom stereocenters. The molecule has 0 spiro atoms. The van der Waals surface area contributed by atoms with Crippen LogP contribution in [0, 0.1) is 11.3 Å². The van der Waals surface area contributed by atoms with Crippen LogP contribution in [-0.4, -0.2) is 12.7 Å². The van der Waals surface area contributed by atoms with Gasteiger partial charge in [0, 0.05) is 0 Å². The number of hydrogen-bond acceptors (Lipinski definition) is 1. The lowest BCUT2D eigenvalue weighted by Crippen LogP contribution is -2.13. The number of allylic oxidation sites excluding steroid dienone is 1. The zero-order valence-electron chi connectivity index (χ0n) is 12.0. The van der Waals surface area contributed by atoms with Gasteiger partial charge in [-0.05, 0) is 44.4 Å². The summed E-state index contributed by atoms with van der Waals surface area (Å²) in [4.78, 5) is 0. The van der Waals surface area contributed by atoms with Crippen molar-refractivity contribution < 1.29 is 4.74 Å². The van der Waals surface area contributed by atoms with Crippen molar-refractivity contribution in [3.8, 4) is 0 Å². The van der Waals surface area contributed by atoms with Crippen molar-refractivity contribution in [2.75, 3.05) is 6.61 Å². The number of rotatable bonds is 8. The normalized spacial score (nSPS) is 13.2. The molecule has 0 aromatic heterocycles. The van der Waals surface area contributed by atoms with Gasteiger partial charge in [0.2, 0.25) is 0 Å². The minimum absolute atomic E-state index is 0.353. The second kappa shape index (κ2) is 7.89. The molecule has 0 bridgehead atoms. The van der Waals surface area contributed by atoms with E-state index in [0.29, 0.717) is 11.5 Å². The molecule has 0 N–H and O–H groups in total. The summed E-state index contributed by atoms with van der Waals surface area (Å²) in [5, 5.41) is 0. The van der Waals surface area contributed by atoms with E-state index in [1.165, 1.54) is 12.8 Å². The van der Waals surface area contributed by atoms with Crippen LogP contribution in [0.25, 0.3) is 0 Å². The second-order valence-corrected chi connectivity index (χ2v) is 6.15. The molecule has 0 amide bonds. The van der Waals surface area contributed by atoms with Crippen LogP contribution in [-0.2, 0) is 4.74 Å². The highest BCUT2D eigenvalue weighted by Crippen LogP contribution is 2.29. The van der Waals surface area contributed by atoms with Crippen LogP contribution in [0.4, 0.5) is 0 Å². The van der Waals surface area contributed by atoms with Crippen LogP contribution in [0.15, 0.2) is 12.2 Å². The quantitative estimate of drug-likeness (QED) is 0.426. The third-order valence-corrected chi connectivity index (χ3v) is 2.53. The fourth-order valence-corrected chi connectivity index (χ4v) is 2.08. The van der Waals surface area contributed by atoms with Crippen molar-refractivity contribution in [2.45, 2.75) is 66.9 Å². The summed E-state index contributed by atoms with van der Waals surface area (Å²) in [6, 6.07) is 0. The average molecular weight is 226 g/mol. The summed E-state index contributed by atoms with van der Waals surface area (Å²) in [6.45, 7) is 14.3. The zero-order chi connectivity index (χ0) is 12.6. The molecule has 0 aromatic carbocycles. The second-order valence-electron chi connectivity index (χ2n) is 6.15. The first-order chi connectivity index (χ1) is 7.33. The molecule has 0 aliphatic heterocycles. The van der Waals surface area contributed by atoms with E-state index in [1.54, 1.807) is 0 Å². The Hall–Kier alpha value is -0.300. The monoisotopic (exact) mass is 226 g/mol. The summed E-state index contributed by atoms with van der Waals surface area (Å²) in [5.74, 6) is 0.785. The van der Waals surface area contributed by atoms with E-state index in [4.69, 9.17) is 4.74 Å². The molecule has 1 heteroatoms. The Morgan fingerprint density at radius 3 is 2.19 bits per heavy atom. The van der Waals surface area contributed by atoms with Crippen molar-refractivity contribution in [1.82, 2.24) is 0 Å². The maximum Gasteiger partial charge on any atom is 0.0519 e. The van der Waals surface area contributed by atoms with Gasteiger partial charge in [-0.25, -0.2) is 0 Å². The van der Waals surface area contributed by atoms with Gasteiger partial charge in [-0.1, -0.05) is 39.8 Å². The van der Waals surface area contributed by atoms with Gasteiger partial charge in [0.25, 0.3) is 0 Å². The summed E-state index contributed by atoms with van der Waals surface area (Å²) < 4.78 is 5.49. The Balaban J connectivity index is 3.65. The van der Waals surface area contributed by atoms with Gasteiger partial charge in [0.05, 0.1) is 12.7 Å². The van der Waals surface area contributed by atoms with Crippen molar-refractivity contribution in [3.63, 3.8) is 0 Å². The smallest absolute Gasteiger partial charge is 0.0519 e. The Labute approximate surface area is 102 Å². The van der Waals surface area contributed by atoms with Gasteiger partial charge in [0.15, 0.2) is 0 Å². The van der Waals surface area contributed by atoms with E-state index < -0.39 is 0 Å². The molecular weight excluding hydrogens is 196 g/mol. The maximum absolute atomic E-state index is 5.49. The van der Waals surface area contributed by atoms with Crippen molar-refractivity contribution >= 4 is 0 Å². The molecule has 0 unspecified atom stereocenters. The Morgan fingerprint density at radius 2 is 1.69 bits per heavy atom. The lowest BCUT2D eigenvalue weighted by atomic mass is 9.81. The summed E-state index contributed by atoms with van der Waals surface area (Å²) in [7, 11) is 0. The molecule has 0 heterocycles. The van der Waals surface area contributed by atoms with Crippen molar-refractivity contribution in [1.29, 1.82) is 0 Å². The predicted octanol–water partition coefficient (Wildman–Crippen LogP) is 4.82. The minimum Gasteiger partial charge on any atom is -0.378 e.